The van der Waals surface area contributed by atoms with E-state index in [4.69, 9.17) is 10.5 Å². The van der Waals surface area contributed by atoms with Crippen LogP contribution in [-0.2, 0) is 12.1 Å². The molecule has 2 aromatic heterocycles. The summed E-state index contributed by atoms with van der Waals surface area (Å²) < 4.78 is 7.43. The van der Waals surface area contributed by atoms with Crippen molar-refractivity contribution in [3.05, 3.63) is 35.5 Å². The van der Waals surface area contributed by atoms with E-state index in [-0.39, 0.29) is 5.95 Å². The summed E-state index contributed by atoms with van der Waals surface area (Å²) in [6.45, 7) is 3.45. The molecule has 8 nitrogen and oxygen atoms in total. The smallest absolute Gasteiger partial charge is 0.222 e. The molecule has 1 saturated carbocycles. The second kappa shape index (κ2) is 7.27. The average Bonchev–Trinajstić information content (AvgIpc) is 3.31. The van der Waals surface area contributed by atoms with Gasteiger partial charge in [0, 0.05) is 12.1 Å². The van der Waals surface area contributed by atoms with E-state index in [0.717, 1.165) is 54.6 Å². The van der Waals surface area contributed by atoms with Crippen molar-refractivity contribution in [3.63, 3.8) is 0 Å². The molecular formula is C20H26N6O2. The third-order valence-corrected chi connectivity index (χ3v) is 5.20. The fourth-order valence-corrected chi connectivity index (χ4v) is 3.38. The Hall–Kier alpha value is -2.87. The Morgan fingerprint density at radius 1 is 1.32 bits per heavy atom. The Morgan fingerprint density at radius 2 is 2.14 bits per heavy atom. The third kappa shape index (κ3) is 3.47. The highest BCUT2D eigenvalue weighted by atomic mass is 16.5. The summed E-state index contributed by atoms with van der Waals surface area (Å²) in [7, 11) is 1.64. The maximum absolute atomic E-state index is 10.4. The number of anilines is 2. The molecule has 1 aliphatic rings. The monoisotopic (exact) mass is 382 g/mol. The second-order valence-corrected chi connectivity index (χ2v) is 7.31. The van der Waals surface area contributed by atoms with Crippen molar-refractivity contribution in [1.82, 2.24) is 19.7 Å². The van der Waals surface area contributed by atoms with Gasteiger partial charge in [-0.3, -0.25) is 4.68 Å². The van der Waals surface area contributed by atoms with Gasteiger partial charge in [-0.2, -0.15) is 10.1 Å². The standard InChI is InChI=1S/C20H26N6O2/c1-3-4-9-22-18-17-15(24-19(21)25-18)11-23-26(17)12-13-5-6-14(10-16(13)28-2)20(27)7-8-20/h5-6,10-11,27H,3-4,7-9,12H2,1-2H3,(H3,21,22,24,25). The van der Waals surface area contributed by atoms with Crippen LogP contribution in [0.25, 0.3) is 11.0 Å². The summed E-state index contributed by atoms with van der Waals surface area (Å²) in [6, 6.07) is 5.87. The summed E-state index contributed by atoms with van der Waals surface area (Å²) in [5.41, 5.74) is 8.56. The molecule has 0 bridgehead atoms. The van der Waals surface area contributed by atoms with Gasteiger partial charge in [0.2, 0.25) is 5.95 Å². The van der Waals surface area contributed by atoms with Crippen LogP contribution in [0, 0.1) is 0 Å². The van der Waals surface area contributed by atoms with E-state index in [1.807, 2.05) is 22.9 Å². The normalized spacial score (nSPS) is 15.0. The van der Waals surface area contributed by atoms with Crippen LogP contribution in [0.1, 0.15) is 43.7 Å². The Balaban J connectivity index is 1.68. The quantitative estimate of drug-likeness (QED) is 0.514. The number of hydrogen-bond donors (Lipinski definition) is 3. The van der Waals surface area contributed by atoms with Crippen molar-refractivity contribution in [3.8, 4) is 5.75 Å². The lowest BCUT2D eigenvalue weighted by Gasteiger charge is -2.15. The van der Waals surface area contributed by atoms with Crippen LogP contribution >= 0.6 is 0 Å². The van der Waals surface area contributed by atoms with Crippen LogP contribution in [-0.4, -0.2) is 38.5 Å². The van der Waals surface area contributed by atoms with E-state index in [1.54, 1.807) is 13.3 Å². The molecular weight excluding hydrogens is 356 g/mol. The van der Waals surface area contributed by atoms with Gasteiger partial charge in [-0.05, 0) is 30.9 Å². The van der Waals surface area contributed by atoms with Crippen LogP contribution in [0.3, 0.4) is 0 Å². The first kappa shape index (κ1) is 18.5. The number of fused-ring (bicyclic) bond motifs is 1. The molecule has 0 atom stereocenters. The lowest BCUT2D eigenvalue weighted by Crippen LogP contribution is -2.11. The summed E-state index contributed by atoms with van der Waals surface area (Å²) in [6.07, 6.45) is 5.42. The molecule has 1 fully saturated rings. The number of rotatable bonds is 8. The predicted molar refractivity (Wildman–Crippen MR) is 108 cm³/mol. The largest absolute Gasteiger partial charge is 0.496 e. The molecule has 1 aliphatic carbocycles. The van der Waals surface area contributed by atoms with Crippen LogP contribution in [0.5, 0.6) is 5.75 Å². The number of nitrogens with two attached hydrogens (primary N) is 1. The van der Waals surface area contributed by atoms with Gasteiger partial charge in [-0.15, -0.1) is 0 Å². The highest BCUT2D eigenvalue weighted by Crippen LogP contribution is 2.46. The van der Waals surface area contributed by atoms with Gasteiger partial charge in [0.15, 0.2) is 5.82 Å². The predicted octanol–water partition coefficient (Wildman–Crippen LogP) is 2.66. The lowest BCUT2D eigenvalue weighted by atomic mass is 10.0. The van der Waals surface area contributed by atoms with Gasteiger partial charge >= 0.3 is 0 Å². The minimum atomic E-state index is -0.689. The Labute approximate surface area is 163 Å². The summed E-state index contributed by atoms with van der Waals surface area (Å²) in [4.78, 5) is 8.68. The molecule has 1 aromatic carbocycles. The fourth-order valence-electron chi connectivity index (χ4n) is 3.38. The van der Waals surface area contributed by atoms with Crippen molar-refractivity contribution in [2.75, 3.05) is 24.7 Å². The average molecular weight is 382 g/mol. The van der Waals surface area contributed by atoms with Crippen molar-refractivity contribution >= 4 is 22.8 Å². The molecule has 0 radical (unpaired) electrons. The minimum Gasteiger partial charge on any atom is -0.496 e. The van der Waals surface area contributed by atoms with E-state index in [0.29, 0.717) is 17.9 Å². The first-order chi connectivity index (χ1) is 13.5. The zero-order valence-corrected chi connectivity index (χ0v) is 16.3. The Bertz CT molecular complexity index is 996. The highest BCUT2D eigenvalue weighted by Gasteiger charge is 2.42. The van der Waals surface area contributed by atoms with E-state index < -0.39 is 5.60 Å². The van der Waals surface area contributed by atoms with E-state index in [1.165, 1.54) is 0 Å². The summed E-state index contributed by atoms with van der Waals surface area (Å²) in [5.74, 6) is 1.65. The number of nitrogens with one attached hydrogen (secondary N) is 1. The molecule has 0 spiro atoms. The number of nitrogens with zero attached hydrogens (tertiary/aromatic N) is 4. The van der Waals surface area contributed by atoms with Crippen LogP contribution in [0.2, 0.25) is 0 Å². The molecule has 0 unspecified atom stereocenters. The number of aliphatic hydroxyl groups is 1. The molecule has 8 heteroatoms. The van der Waals surface area contributed by atoms with Gasteiger partial charge in [0.1, 0.15) is 16.8 Å². The van der Waals surface area contributed by atoms with Crippen molar-refractivity contribution in [1.29, 1.82) is 0 Å². The topological polar surface area (TPSA) is 111 Å². The van der Waals surface area contributed by atoms with E-state index in [2.05, 4.69) is 27.3 Å². The van der Waals surface area contributed by atoms with E-state index >= 15 is 0 Å². The number of nitrogen functional groups attached to an aromatic ring is 1. The number of ether oxygens (including phenoxy) is 1. The molecule has 2 heterocycles. The van der Waals surface area contributed by atoms with Crippen LogP contribution in [0.4, 0.5) is 11.8 Å². The fraction of sp³-hybridized carbons (Fsp3) is 0.450. The third-order valence-electron chi connectivity index (χ3n) is 5.20. The number of methoxy groups -OCH3 is 1. The van der Waals surface area contributed by atoms with Gasteiger partial charge in [0.05, 0.1) is 25.5 Å². The van der Waals surface area contributed by atoms with E-state index in [9.17, 15) is 5.11 Å². The molecule has 0 aliphatic heterocycles. The van der Waals surface area contributed by atoms with Gasteiger partial charge in [-0.25, -0.2) is 4.98 Å². The maximum Gasteiger partial charge on any atom is 0.222 e. The maximum atomic E-state index is 10.4. The highest BCUT2D eigenvalue weighted by molar-refractivity contribution is 5.86. The first-order valence-electron chi connectivity index (χ1n) is 9.67. The molecule has 148 valence electrons. The van der Waals surface area contributed by atoms with Crippen molar-refractivity contribution < 1.29 is 9.84 Å². The number of hydrogen-bond acceptors (Lipinski definition) is 7. The molecule has 4 rings (SSSR count). The Morgan fingerprint density at radius 3 is 2.86 bits per heavy atom. The van der Waals surface area contributed by atoms with Crippen LogP contribution < -0.4 is 15.8 Å². The molecule has 0 amide bonds. The number of unbranched alkanes of at least 4 members (excludes halogenated alkanes) is 1. The second-order valence-electron chi connectivity index (χ2n) is 7.31. The minimum absolute atomic E-state index is 0.227. The molecule has 4 N–H and O–H groups in total. The molecule has 28 heavy (non-hydrogen) atoms. The van der Waals surface area contributed by atoms with Crippen LogP contribution in [0.15, 0.2) is 24.4 Å². The zero-order chi connectivity index (χ0) is 19.7. The summed E-state index contributed by atoms with van der Waals surface area (Å²) in [5, 5.41) is 18.2. The number of aromatic nitrogens is 4. The van der Waals surface area contributed by atoms with Gasteiger partial charge < -0.3 is 20.9 Å². The van der Waals surface area contributed by atoms with Crippen molar-refractivity contribution in [2.45, 2.75) is 44.8 Å². The van der Waals surface area contributed by atoms with Gasteiger partial charge in [0.25, 0.3) is 0 Å². The Kier molecular flexibility index (Phi) is 4.80. The SMILES string of the molecule is CCCCNc1nc(N)nc2cnn(Cc3ccc(C4(O)CC4)cc3OC)c12. The zero-order valence-electron chi connectivity index (χ0n) is 16.3. The molecule has 3 aromatic rings. The van der Waals surface area contributed by atoms with Crippen molar-refractivity contribution in [2.24, 2.45) is 0 Å². The lowest BCUT2D eigenvalue weighted by molar-refractivity contribution is 0.151. The number of benzene rings is 1. The first-order valence-corrected chi connectivity index (χ1v) is 9.67. The summed E-state index contributed by atoms with van der Waals surface area (Å²) >= 11 is 0. The molecule has 0 saturated heterocycles. The van der Waals surface area contributed by atoms with Gasteiger partial charge in [-0.1, -0.05) is 25.5 Å².